The highest BCUT2D eigenvalue weighted by atomic mass is 32.1. The molecule has 0 atom stereocenters. The average molecular weight is 450 g/mol. The van der Waals surface area contributed by atoms with Crippen LogP contribution >= 0.6 is 11.3 Å². The molecule has 7 heteroatoms. The molecule has 6 nitrogen and oxygen atoms in total. The first kappa shape index (κ1) is 26.9. The molecule has 1 aliphatic heterocycles. The molecule has 0 unspecified atom stereocenters. The molecule has 0 fully saturated rings. The molecular formula is C24H39N3O3S. The Hall–Kier alpha value is -2.15. The Balaban J connectivity index is 0.000000348. The highest BCUT2D eigenvalue weighted by Gasteiger charge is 2.28. The third-order valence-corrected chi connectivity index (χ3v) is 6.34. The van der Waals surface area contributed by atoms with Crippen molar-refractivity contribution in [2.45, 2.75) is 86.8 Å². The summed E-state index contributed by atoms with van der Waals surface area (Å²) in [5.41, 5.74) is 8.47. The van der Waals surface area contributed by atoms with Crippen LogP contribution in [0.5, 0.6) is 0 Å². The smallest absolute Gasteiger partial charge is 0.410 e. The number of Topliss-reactive ketones (excluding diaryl/α,β-unsaturated/α-hetero) is 1. The maximum Gasteiger partial charge on any atom is 0.410 e. The average Bonchev–Trinajstić information content (AvgIpc) is 3.10. The predicted octanol–water partition coefficient (Wildman–Crippen LogP) is 5.94. The van der Waals surface area contributed by atoms with Crippen molar-refractivity contribution < 1.29 is 14.3 Å². The van der Waals surface area contributed by atoms with Crippen molar-refractivity contribution in [3.63, 3.8) is 0 Å². The second-order valence-corrected chi connectivity index (χ2v) is 10.4. The number of hydrogen-bond acceptors (Lipinski definition) is 6. The molecule has 0 saturated heterocycles. The number of carbonyl (C=O) groups is 2. The molecule has 0 aliphatic carbocycles. The Morgan fingerprint density at radius 2 is 1.87 bits per heavy atom. The van der Waals surface area contributed by atoms with Gasteiger partial charge < -0.3 is 20.8 Å². The van der Waals surface area contributed by atoms with Gasteiger partial charge in [-0.1, -0.05) is 27.7 Å². The number of thiophene rings is 1. The molecule has 2 heterocycles. The van der Waals surface area contributed by atoms with Crippen LogP contribution in [0.15, 0.2) is 17.2 Å². The van der Waals surface area contributed by atoms with E-state index in [9.17, 15) is 9.59 Å². The third kappa shape index (κ3) is 8.13. The van der Waals surface area contributed by atoms with E-state index in [-0.39, 0.29) is 17.3 Å². The molecule has 0 spiro atoms. The molecule has 31 heavy (non-hydrogen) atoms. The van der Waals surface area contributed by atoms with E-state index < -0.39 is 5.60 Å². The fourth-order valence-corrected chi connectivity index (χ4v) is 3.93. The summed E-state index contributed by atoms with van der Waals surface area (Å²) in [6.07, 6.45) is 4.02. The molecule has 1 amide bonds. The van der Waals surface area contributed by atoms with Gasteiger partial charge in [-0.05, 0) is 58.6 Å². The number of hydrogen-bond donors (Lipinski definition) is 2. The Kier molecular flexibility index (Phi) is 9.48. The van der Waals surface area contributed by atoms with Crippen LogP contribution < -0.4 is 5.73 Å². The number of nitrogens with one attached hydrogen (secondary N) is 1. The van der Waals surface area contributed by atoms with Gasteiger partial charge in [0.1, 0.15) is 5.60 Å². The van der Waals surface area contributed by atoms with Gasteiger partial charge in [-0.15, -0.1) is 11.3 Å². The van der Waals surface area contributed by atoms with E-state index in [0.717, 1.165) is 41.0 Å². The van der Waals surface area contributed by atoms with Crippen molar-refractivity contribution in [3.05, 3.63) is 33.2 Å². The van der Waals surface area contributed by atoms with Crippen molar-refractivity contribution in [1.82, 2.24) is 4.90 Å². The molecule has 1 aliphatic rings. The van der Waals surface area contributed by atoms with Crippen molar-refractivity contribution in [2.24, 2.45) is 11.1 Å². The van der Waals surface area contributed by atoms with E-state index in [1.807, 2.05) is 33.1 Å². The largest absolute Gasteiger partial charge is 0.444 e. The Labute approximate surface area is 191 Å². The minimum Gasteiger partial charge on any atom is -0.444 e. The predicted molar refractivity (Wildman–Crippen MR) is 129 cm³/mol. The maximum absolute atomic E-state index is 12.0. The number of nitrogens with zero attached hydrogens (tertiary/aromatic N) is 1. The first-order chi connectivity index (χ1) is 14.2. The summed E-state index contributed by atoms with van der Waals surface area (Å²) in [6.45, 7) is 16.5. The SMILES string of the molecule is CC(=O)c1csc2c1CCN(C(=O)OC(C)(C)C)C2.CC/C(N)=C/C(=N)C(C)(C)CC. The molecule has 0 radical (unpaired) electrons. The van der Waals surface area contributed by atoms with Crippen molar-refractivity contribution in [3.8, 4) is 0 Å². The molecule has 3 N–H and O–H groups in total. The summed E-state index contributed by atoms with van der Waals surface area (Å²) >= 11 is 1.55. The number of rotatable bonds is 5. The highest BCUT2D eigenvalue weighted by Crippen LogP contribution is 2.29. The molecule has 1 aromatic rings. The number of fused-ring (bicyclic) bond motifs is 1. The summed E-state index contributed by atoms with van der Waals surface area (Å²) < 4.78 is 5.37. The second kappa shape index (κ2) is 10.9. The summed E-state index contributed by atoms with van der Waals surface area (Å²) in [7, 11) is 0. The zero-order valence-electron chi connectivity index (χ0n) is 20.3. The highest BCUT2D eigenvalue weighted by molar-refractivity contribution is 7.10. The maximum atomic E-state index is 12.0. The van der Waals surface area contributed by atoms with E-state index in [1.54, 1.807) is 29.2 Å². The molecule has 0 aromatic carbocycles. The Morgan fingerprint density at radius 3 is 2.35 bits per heavy atom. The topological polar surface area (TPSA) is 96.5 Å². The summed E-state index contributed by atoms with van der Waals surface area (Å²) in [4.78, 5) is 26.3. The minimum atomic E-state index is -0.475. The van der Waals surface area contributed by atoms with Gasteiger partial charge in [0.05, 0.1) is 6.54 Å². The zero-order valence-corrected chi connectivity index (χ0v) is 21.2. The van der Waals surface area contributed by atoms with Crippen molar-refractivity contribution >= 4 is 28.9 Å². The lowest BCUT2D eigenvalue weighted by molar-refractivity contribution is 0.0226. The zero-order chi connectivity index (χ0) is 24.0. The van der Waals surface area contributed by atoms with Gasteiger partial charge in [-0.3, -0.25) is 4.79 Å². The molecule has 1 aromatic heterocycles. The van der Waals surface area contributed by atoms with Crippen molar-refractivity contribution in [2.75, 3.05) is 6.54 Å². The van der Waals surface area contributed by atoms with Gasteiger partial charge in [0.2, 0.25) is 0 Å². The van der Waals surface area contributed by atoms with Gasteiger partial charge in [0, 0.05) is 39.2 Å². The minimum absolute atomic E-state index is 0.0419. The van der Waals surface area contributed by atoms with Crippen LogP contribution in [-0.2, 0) is 17.7 Å². The van der Waals surface area contributed by atoms with E-state index in [0.29, 0.717) is 18.8 Å². The molecule has 0 saturated carbocycles. The standard InChI is InChI=1S/C14H19NO3S.C10H20N2/c1-9(16)11-8-19-12-7-15(6-5-10(11)12)13(17)18-14(2,3)4;1-5-8(11)7-9(12)10(3,4)6-2/h8H,5-7H2,1-4H3;7,12H,5-6,11H2,1-4H3/b;8-7-,12-9?. The Bertz CT molecular complexity index is 832. The lowest BCUT2D eigenvalue weighted by Crippen LogP contribution is -2.39. The Morgan fingerprint density at radius 1 is 1.26 bits per heavy atom. The van der Waals surface area contributed by atoms with Crippen LogP contribution in [0, 0.1) is 10.8 Å². The van der Waals surface area contributed by atoms with E-state index in [2.05, 4.69) is 20.8 Å². The number of ether oxygens (including phenoxy) is 1. The normalized spacial score (nSPS) is 14.3. The summed E-state index contributed by atoms with van der Waals surface area (Å²) in [5, 5.41) is 9.66. The van der Waals surface area contributed by atoms with E-state index in [1.165, 1.54) is 0 Å². The number of carbonyl (C=O) groups excluding carboxylic acids is 2. The molecule has 2 rings (SSSR count). The fraction of sp³-hybridized carbons (Fsp3) is 0.625. The van der Waals surface area contributed by atoms with Crippen LogP contribution in [0.2, 0.25) is 0 Å². The molecular weight excluding hydrogens is 410 g/mol. The monoisotopic (exact) mass is 449 g/mol. The van der Waals surface area contributed by atoms with Gasteiger partial charge in [-0.25, -0.2) is 4.79 Å². The quantitative estimate of drug-likeness (QED) is 0.429. The van der Waals surface area contributed by atoms with Crippen LogP contribution in [-0.4, -0.2) is 34.6 Å². The number of amides is 1. The number of allylic oxidation sites excluding steroid dienone is 2. The number of ketones is 1. The molecule has 0 bridgehead atoms. The summed E-state index contributed by atoms with van der Waals surface area (Å²) in [5.74, 6) is 0.100. The fourth-order valence-electron chi connectivity index (χ4n) is 2.78. The van der Waals surface area contributed by atoms with E-state index in [4.69, 9.17) is 15.9 Å². The van der Waals surface area contributed by atoms with Gasteiger partial charge in [0.15, 0.2) is 5.78 Å². The van der Waals surface area contributed by atoms with Gasteiger partial charge in [-0.2, -0.15) is 0 Å². The summed E-state index contributed by atoms with van der Waals surface area (Å²) in [6, 6.07) is 0. The first-order valence-electron chi connectivity index (χ1n) is 10.8. The van der Waals surface area contributed by atoms with Gasteiger partial charge >= 0.3 is 6.09 Å². The third-order valence-electron chi connectivity index (χ3n) is 5.33. The lowest BCUT2D eigenvalue weighted by atomic mass is 9.84. The van der Waals surface area contributed by atoms with Crippen molar-refractivity contribution in [1.29, 1.82) is 5.41 Å². The van der Waals surface area contributed by atoms with Crippen LogP contribution in [0.3, 0.4) is 0 Å². The van der Waals surface area contributed by atoms with Crippen LogP contribution in [0.4, 0.5) is 4.79 Å². The van der Waals surface area contributed by atoms with Crippen LogP contribution in [0.1, 0.15) is 89.0 Å². The van der Waals surface area contributed by atoms with E-state index >= 15 is 0 Å². The lowest BCUT2D eigenvalue weighted by Gasteiger charge is -2.30. The van der Waals surface area contributed by atoms with Gasteiger partial charge in [0.25, 0.3) is 0 Å². The second-order valence-electron chi connectivity index (χ2n) is 9.48. The van der Waals surface area contributed by atoms with Crippen LogP contribution in [0.25, 0.3) is 0 Å². The molecule has 174 valence electrons. The number of nitrogens with two attached hydrogens (primary N) is 1. The first-order valence-corrected chi connectivity index (χ1v) is 11.7.